The Morgan fingerprint density at radius 1 is 1.42 bits per heavy atom. The second-order valence-electron chi connectivity index (χ2n) is 3.22. The molecule has 1 aliphatic rings. The van der Waals surface area contributed by atoms with E-state index in [1.807, 2.05) is 6.07 Å². The zero-order chi connectivity index (χ0) is 9.24. The van der Waals surface area contributed by atoms with Gasteiger partial charge in [0, 0.05) is 5.75 Å². The molecule has 0 atom stereocenters. The van der Waals surface area contributed by atoms with Gasteiger partial charge in [-0.1, -0.05) is 19.8 Å². The zero-order valence-corrected chi connectivity index (χ0v) is 8.02. The van der Waals surface area contributed by atoms with Gasteiger partial charge in [0.05, 0.1) is 6.07 Å². The average molecular weight is 187 g/mol. The minimum Gasteiger partial charge on any atom is -0.227 e. The van der Waals surface area contributed by atoms with E-state index in [1.165, 1.54) is 0 Å². The standard InChI is InChI=1S/C8H13NO2S/c1-2-12(10,11)8(7-9)5-3-4-6-8/h2-6H2,1H3. The summed E-state index contributed by atoms with van der Waals surface area (Å²) in [4.78, 5) is 0. The topological polar surface area (TPSA) is 57.9 Å². The molecule has 0 amide bonds. The van der Waals surface area contributed by atoms with Crippen molar-refractivity contribution in [3.63, 3.8) is 0 Å². The molecule has 1 fully saturated rings. The van der Waals surface area contributed by atoms with Crippen molar-refractivity contribution in [1.82, 2.24) is 0 Å². The van der Waals surface area contributed by atoms with Crippen molar-refractivity contribution in [3.8, 4) is 6.07 Å². The third-order valence-electron chi connectivity index (χ3n) is 2.59. The van der Waals surface area contributed by atoms with Crippen molar-refractivity contribution < 1.29 is 8.42 Å². The molecule has 1 saturated carbocycles. The van der Waals surface area contributed by atoms with Crippen molar-refractivity contribution in [2.45, 2.75) is 37.4 Å². The number of rotatable bonds is 2. The van der Waals surface area contributed by atoms with Gasteiger partial charge in [-0.25, -0.2) is 8.42 Å². The molecule has 0 aromatic rings. The molecule has 0 spiro atoms. The molecule has 0 N–H and O–H groups in total. The van der Waals surface area contributed by atoms with Crippen LogP contribution in [0.3, 0.4) is 0 Å². The highest BCUT2D eigenvalue weighted by Gasteiger charge is 2.45. The second-order valence-corrected chi connectivity index (χ2v) is 5.80. The molecular weight excluding hydrogens is 174 g/mol. The van der Waals surface area contributed by atoms with Crippen LogP contribution in [0.5, 0.6) is 0 Å². The lowest BCUT2D eigenvalue weighted by molar-refractivity contribution is 0.559. The predicted molar refractivity (Wildman–Crippen MR) is 46.3 cm³/mol. The number of nitriles is 1. The van der Waals surface area contributed by atoms with E-state index in [9.17, 15) is 8.42 Å². The summed E-state index contributed by atoms with van der Waals surface area (Å²) in [7, 11) is -3.17. The second kappa shape index (κ2) is 3.06. The van der Waals surface area contributed by atoms with Crippen LogP contribution in [0.4, 0.5) is 0 Å². The van der Waals surface area contributed by atoms with E-state index in [1.54, 1.807) is 6.92 Å². The molecule has 0 aromatic heterocycles. The summed E-state index contributed by atoms with van der Waals surface area (Å²) in [5.41, 5.74) is 0. The van der Waals surface area contributed by atoms with Crippen LogP contribution in [-0.2, 0) is 9.84 Å². The van der Waals surface area contributed by atoms with Crippen LogP contribution in [-0.4, -0.2) is 18.9 Å². The van der Waals surface area contributed by atoms with Gasteiger partial charge in [-0.15, -0.1) is 0 Å². The first kappa shape index (κ1) is 9.53. The molecule has 3 nitrogen and oxygen atoms in total. The van der Waals surface area contributed by atoms with E-state index in [-0.39, 0.29) is 5.75 Å². The minimum absolute atomic E-state index is 0.0839. The normalized spacial score (nSPS) is 22.0. The van der Waals surface area contributed by atoms with Crippen LogP contribution in [0.1, 0.15) is 32.6 Å². The molecule has 0 aromatic carbocycles. The van der Waals surface area contributed by atoms with Crippen molar-refractivity contribution in [1.29, 1.82) is 5.26 Å². The van der Waals surface area contributed by atoms with Gasteiger partial charge in [-0.3, -0.25) is 0 Å². The molecule has 0 bridgehead atoms. The Bertz CT molecular complexity index is 294. The fourth-order valence-corrected chi connectivity index (χ4v) is 3.32. The van der Waals surface area contributed by atoms with Crippen molar-refractivity contribution in [2.24, 2.45) is 0 Å². The Hall–Kier alpha value is -0.560. The lowest BCUT2D eigenvalue weighted by Crippen LogP contribution is -2.35. The summed E-state index contributed by atoms with van der Waals surface area (Å²) in [5.74, 6) is 0.0839. The Morgan fingerprint density at radius 2 is 1.92 bits per heavy atom. The quantitative estimate of drug-likeness (QED) is 0.654. The first-order chi connectivity index (χ1) is 5.58. The molecular formula is C8H13NO2S. The third-order valence-corrected chi connectivity index (χ3v) is 5.04. The van der Waals surface area contributed by atoms with Crippen LogP contribution in [0.2, 0.25) is 0 Å². The molecule has 4 heteroatoms. The Morgan fingerprint density at radius 3 is 2.25 bits per heavy atom. The van der Waals surface area contributed by atoms with Crippen LogP contribution in [0.25, 0.3) is 0 Å². The fraction of sp³-hybridized carbons (Fsp3) is 0.875. The molecule has 68 valence electrons. The van der Waals surface area contributed by atoms with Gasteiger partial charge < -0.3 is 0 Å². The molecule has 0 aliphatic heterocycles. The molecule has 1 aliphatic carbocycles. The smallest absolute Gasteiger partial charge is 0.169 e. The van der Waals surface area contributed by atoms with Crippen molar-refractivity contribution in [3.05, 3.63) is 0 Å². The lowest BCUT2D eigenvalue weighted by Gasteiger charge is -2.18. The Kier molecular flexibility index (Phi) is 2.43. The van der Waals surface area contributed by atoms with Gasteiger partial charge in [0.25, 0.3) is 0 Å². The number of nitrogens with zero attached hydrogens (tertiary/aromatic N) is 1. The molecule has 0 heterocycles. The fourth-order valence-electron chi connectivity index (χ4n) is 1.71. The number of sulfone groups is 1. The minimum atomic E-state index is -3.17. The van der Waals surface area contributed by atoms with Gasteiger partial charge in [0.1, 0.15) is 0 Å². The van der Waals surface area contributed by atoms with Gasteiger partial charge in [0.2, 0.25) is 0 Å². The van der Waals surface area contributed by atoms with Crippen molar-refractivity contribution in [2.75, 3.05) is 5.75 Å². The zero-order valence-electron chi connectivity index (χ0n) is 7.21. The highest BCUT2D eigenvalue weighted by Crippen LogP contribution is 2.36. The first-order valence-corrected chi connectivity index (χ1v) is 5.87. The predicted octanol–water partition coefficient (Wildman–Crippen LogP) is 1.26. The molecule has 0 unspecified atom stereocenters. The van der Waals surface area contributed by atoms with Gasteiger partial charge >= 0.3 is 0 Å². The van der Waals surface area contributed by atoms with Gasteiger partial charge in [-0.2, -0.15) is 5.26 Å². The summed E-state index contributed by atoms with van der Waals surface area (Å²) >= 11 is 0. The van der Waals surface area contributed by atoms with Crippen LogP contribution < -0.4 is 0 Å². The molecule has 0 saturated heterocycles. The first-order valence-electron chi connectivity index (χ1n) is 4.21. The largest absolute Gasteiger partial charge is 0.227 e. The summed E-state index contributed by atoms with van der Waals surface area (Å²) in [5, 5.41) is 8.85. The molecule has 12 heavy (non-hydrogen) atoms. The summed E-state index contributed by atoms with van der Waals surface area (Å²) in [6.07, 6.45) is 2.79. The monoisotopic (exact) mass is 187 g/mol. The van der Waals surface area contributed by atoms with Gasteiger partial charge in [-0.05, 0) is 12.8 Å². The Labute approximate surface area is 73.3 Å². The third kappa shape index (κ3) is 1.22. The number of hydrogen-bond donors (Lipinski definition) is 0. The highest BCUT2D eigenvalue weighted by atomic mass is 32.2. The van der Waals surface area contributed by atoms with Gasteiger partial charge in [0.15, 0.2) is 14.6 Å². The van der Waals surface area contributed by atoms with E-state index in [4.69, 9.17) is 5.26 Å². The van der Waals surface area contributed by atoms with Crippen LogP contribution in [0, 0.1) is 11.3 Å². The van der Waals surface area contributed by atoms with E-state index < -0.39 is 14.6 Å². The van der Waals surface area contributed by atoms with E-state index in [2.05, 4.69) is 0 Å². The van der Waals surface area contributed by atoms with E-state index in [0.29, 0.717) is 12.8 Å². The summed E-state index contributed by atoms with van der Waals surface area (Å²) < 4.78 is 22.0. The maximum atomic E-state index is 11.5. The van der Waals surface area contributed by atoms with E-state index in [0.717, 1.165) is 12.8 Å². The lowest BCUT2D eigenvalue weighted by atomic mass is 10.1. The molecule has 1 rings (SSSR count). The average Bonchev–Trinajstić information content (AvgIpc) is 2.53. The summed E-state index contributed by atoms with van der Waals surface area (Å²) in [6.45, 7) is 1.60. The Balaban J connectivity index is 3.05. The van der Waals surface area contributed by atoms with E-state index >= 15 is 0 Å². The maximum absolute atomic E-state index is 11.5. The summed E-state index contributed by atoms with van der Waals surface area (Å²) in [6, 6.07) is 1.98. The SMILES string of the molecule is CCS(=O)(=O)C1(C#N)CCCC1. The highest BCUT2D eigenvalue weighted by molar-refractivity contribution is 7.93. The molecule has 0 radical (unpaired) electrons. The maximum Gasteiger partial charge on any atom is 0.169 e. The van der Waals surface area contributed by atoms with Crippen LogP contribution in [0.15, 0.2) is 0 Å². The number of hydrogen-bond acceptors (Lipinski definition) is 3. The van der Waals surface area contributed by atoms with Crippen molar-refractivity contribution >= 4 is 9.84 Å². The van der Waals surface area contributed by atoms with Crippen LogP contribution >= 0.6 is 0 Å².